The van der Waals surface area contributed by atoms with Crippen molar-refractivity contribution in [2.45, 2.75) is 31.2 Å². The van der Waals surface area contributed by atoms with Gasteiger partial charge in [0.15, 0.2) is 18.6 Å². The fourth-order valence-electron chi connectivity index (χ4n) is 4.44. The molecule has 0 aromatic carbocycles. The minimum absolute atomic E-state index is 0.0218. The van der Waals surface area contributed by atoms with Crippen LogP contribution in [0.1, 0.15) is 12.8 Å². The predicted octanol–water partition coefficient (Wildman–Crippen LogP) is 1.26. The first-order chi connectivity index (χ1) is 15.0. The van der Waals surface area contributed by atoms with Crippen LogP contribution in [0.5, 0.6) is 0 Å². The van der Waals surface area contributed by atoms with Gasteiger partial charge in [-0.3, -0.25) is 9.59 Å². The lowest BCUT2D eigenvalue weighted by molar-refractivity contribution is -0.196. The van der Waals surface area contributed by atoms with Gasteiger partial charge in [-0.25, -0.2) is 9.59 Å². The average Bonchev–Trinajstić information content (AvgIpc) is 3.32. The second-order valence-corrected chi connectivity index (χ2v) is 7.78. The van der Waals surface area contributed by atoms with Crippen LogP contribution in [-0.4, -0.2) is 68.7 Å². The van der Waals surface area contributed by atoms with Crippen molar-refractivity contribution >= 4 is 23.9 Å². The quantitative estimate of drug-likeness (QED) is 0.118. The van der Waals surface area contributed by atoms with Gasteiger partial charge < -0.3 is 23.7 Å². The molecule has 3 rings (SSSR count). The summed E-state index contributed by atoms with van der Waals surface area (Å²) in [5, 5.41) is 0. The Balaban J connectivity index is 1.53. The number of halogens is 3. The Morgan fingerprint density at radius 1 is 1.22 bits per heavy atom. The summed E-state index contributed by atoms with van der Waals surface area (Å²) >= 11 is 0. The molecule has 12 heteroatoms. The lowest BCUT2D eigenvalue weighted by Gasteiger charge is -2.30. The third-order valence-corrected chi connectivity index (χ3v) is 5.69. The Hall–Kier alpha value is -2.89. The highest BCUT2D eigenvalue weighted by Crippen LogP contribution is 2.63. The second-order valence-electron chi connectivity index (χ2n) is 7.78. The topological polar surface area (TPSA) is 114 Å². The van der Waals surface area contributed by atoms with Crippen molar-refractivity contribution in [3.05, 3.63) is 24.8 Å². The summed E-state index contributed by atoms with van der Waals surface area (Å²) < 4.78 is 61.8. The van der Waals surface area contributed by atoms with Crippen LogP contribution in [0.15, 0.2) is 24.8 Å². The first-order valence-corrected chi connectivity index (χ1v) is 9.67. The van der Waals surface area contributed by atoms with E-state index < -0.39 is 72.7 Å². The van der Waals surface area contributed by atoms with E-state index in [0.29, 0.717) is 0 Å². The molecule has 0 N–H and O–H groups in total. The van der Waals surface area contributed by atoms with Gasteiger partial charge in [-0.1, -0.05) is 12.7 Å². The Morgan fingerprint density at radius 3 is 2.59 bits per heavy atom. The molecule has 3 fully saturated rings. The zero-order valence-electron chi connectivity index (χ0n) is 16.9. The van der Waals surface area contributed by atoms with Crippen LogP contribution in [0.4, 0.5) is 13.2 Å². The molecule has 176 valence electrons. The van der Waals surface area contributed by atoms with Gasteiger partial charge in [0, 0.05) is 11.8 Å². The van der Waals surface area contributed by atoms with Crippen molar-refractivity contribution < 1.29 is 56.0 Å². The lowest BCUT2D eigenvalue weighted by atomic mass is 9.73. The molecule has 1 aliphatic heterocycles. The highest BCUT2D eigenvalue weighted by molar-refractivity contribution is 6.03. The molecule has 2 saturated carbocycles. The van der Waals surface area contributed by atoms with E-state index in [1.165, 1.54) is 6.08 Å². The molecule has 0 aromatic rings. The van der Waals surface area contributed by atoms with E-state index in [1.807, 2.05) is 0 Å². The van der Waals surface area contributed by atoms with Gasteiger partial charge in [-0.15, -0.1) is 6.58 Å². The standard InChI is InChI=1S/C20H21F3O9/c1-3-4-28-7-10(2)16(25)29-8-13(24)31-14-11-5-12-15(14)32-18(27)19(12,6-11)17(26)30-9-20(21,22)23/h3,11-12,14-15H,1-2,4-9H2. The number of alkyl halides is 3. The Kier molecular flexibility index (Phi) is 6.63. The van der Waals surface area contributed by atoms with Crippen LogP contribution >= 0.6 is 0 Å². The number of hydrogen-bond acceptors (Lipinski definition) is 9. The number of esters is 4. The van der Waals surface area contributed by atoms with Crippen LogP contribution in [0.2, 0.25) is 0 Å². The van der Waals surface area contributed by atoms with Crippen LogP contribution < -0.4 is 0 Å². The third kappa shape index (κ3) is 4.50. The minimum atomic E-state index is -4.73. The Morgan fingerprint density at radius 2 is 1.94 bits per heavy atom. The molecular weight excluding hydrogens is 441 g/mol. The van der Waals surface area contributed by atoms with E-state index in [0.717, 1.165) is 0 Å². The SMILES string of the molecule is C=CCOCC(=C)C(=O)OCC(=O)OC1C2CC3C1OC(=O)C3(C(=O)OCC(F)(F)F)C2. The first-order valence-electron chi connectivity index (χ1n) is 9.67. The molecule has 2 bridgehead atoms. The van der Waals surface area contributed by atoms with E-state index in [2.05, 4.69) is 17.9 Å². The molecule has 32 heavy (non-hydrogen) atoms. The molecule has 9 nitrogen and oxygen atoms in total. The molecule has 1 heterocycles. The smallest absolute Gasteiger partial charge is 0.422 e. The maximum absolute atomic E-state index is 12.4. The Labute approximate surface area is 180 Å². The summed E-state index contributed by atoms with van der Waals surface area (Å²) in [6.45, 7) is 4.47. The van der Waals surface area contributed by atoms with E-state index in [-0.39, 0.29) is 31.6 Å². The fourth-order valence-corrected chi connectivity index (χ4v) is 4.44. The summed E-state index contributed by atoms with van der Waals surface area (Å²) in [4.78, 5) is 48.6. The van der Waals surface area contributed by atoms with E-state index in [1.54, 1.807) is 0 Å². The van der Waals surface area contributed by atoms with Crippen molar-refractivity contribution in [2.24, 2.45) is 17.3 Å². The number of fused-ring (bicyclic) bond motifs is 1. The molecule has 0 radical (unpaired) electrons. The van der Waals surface area contributed by atoms with Gasteiger partial charge in [0.25, 0.3) is 0 Å². The maximum Gasteiger partial charge on any atom is 0.422 e. The van der Waals surface area contributed by atoms with Crippen LogP contribution in [-0.2, 0) is 42.9 Å². The van der Waals surface area contributed by atoms with E-state index in [4.69, 9.17) is 18.9 Å². The van der Waals surface area contributed by atoms with Crippen LogP contribution in [0.3, 0.4) is 0 Å². The summed E-state index contributed by atoms with van der Waals surface area (Å²) in [7, 11) is 0. The first kappa shape index (κ1) is 23.8. The number of rotatable bonds is 10. The highest BCUT2D eigenvalue weighted by Gasteiger charge is 2.75. The summed E-state index contributed by atoms with van der Waals surface area (Å²) in [6, 6.07) is 0. The van der Waals surface area contributed by atoms with E-state index >= 15 is 0 Å². The van der Waals surface area contributed by atoms with Crippen LogP contribution in [0.25, 0.3) is 0 Å². The molecule has 3 aliphatic rings. The van der Waals surface area contributed by atoms with Crippen molar-refractivity contribution in [1.82, 2.24) is 0 Å². The third-order valence-electron chi connectivity index (χ3n) is 5.69. The van der Waals surface area contributed by atoms with Gasteiger partial charge in [-0.2, -0.15) is 13.2 Å². The normalized spacial score (nSPS) is 29.9. The second kappa shape index (κ2) is 8.93. The monoisotopic (exact) mass is 462 g/mol. The van der Waals surface area contributed by atoms with Gasteiger partial charge in [0.05, 0.1) is 18.8 Å². The summed E-state index contributed by atoms with van der Waals surface area (Å²) in [5.41, 5.74) is -1.84. The molecule has 5 atom stereocenters. The van der Waals surface area contributed by atoms with Gasteiger partial charge >= 0.3 is 30.1 Å². The zero-order chi connectivity index (χ0) is 23.7. The van der Waals surface area contributed by atoms with Crippen molar-refractivity contribution in [1.29, 1.82) is 0 Å². The van der Waals surface area contributed by atoms with Crippen molar-refractivity contribution in [2.75, 3.05) is 26.4 Å². The number of hydrogen-bond donors (Lipinski definition) is 0. The van der Waals surface area contributed by atoms with Gasteiger partial charge in [-0.05, 0) is 12.8 Å². The molecule has 0 aromatic heterocycles. The molecule has 0 amide bonds. The lowest BCUT2D eigenvalue weighted by Crippen LogP contribution is -2.46. The Bertz CT molecular complexity index is 837. The molecule has 0 spiro atoms. The van der Waals surface area contributed by atoms with Crippen molar-refractivity contribution in [3.8, 4) is 0 Å². The predicted molar refractivity (Wildman–Crippen MR) is 96.5 cm³/mol. The molecule has 1 saturated heterocycles. The highest BCUT2D eigenvalue weighted by atomic mass is 19.4. The number of ether oxygens (including phenoxy) is 5. The molecule has 5 unspecified atom stereocenters. The molecular formula is C20H21F3O9. The van der Waals surface area contributed by atoms with Crippen molar-refractivity contribution in [3.63, 3.8) is 0 Å². The van der Waals surface area contributed by atoms with Gasteiger partial charge in [0.2, 0.25) is 0 Å². The number of carbonyl (C=O) groups is 4. The maximum atomic E-state index is 12.4. The largest absolute Gasteiger partial charge is 0.457 e. The molecule has 2 aliphatic carbocycles. The zero-order valence-corrected chi connectivity index (χ0v) is 16.9. The van der Waals surface area contributed by atoms with Crippen LogP contribution in [0, 0.1) is 17.3 Å². The minimum Gasteiger partial charge on any atom is -0.457 e. The number of carbonyl (C=O) groups excluding carboxylic acids is 4. The fraction of sp³-hybridized carbons (Fsp3) is 0.600. The summed E-state index contributed by atoms with van der Waals surface area (Å²) in [6.07, 6.45) is -5.05. The average molecular weight is 462 g/mol. The summed E-state index contributed by atoms with van der Waals surface area (Å²) in [5.74, 6) is -5.30. The van der Waals surface area contributed by atoms with E-state index in [9.17, 15) is 32.3 Å². The van der Waals surface area contributed by atoms with Gasteiger partial charge in [0.1, 0.15) is 12.2 Å².